The number of piperazine rings is 1. The summed E-state index contributed by atoms with van der Waals surface area (Å²) >= 11 is 7.87. The van der Waals surface area contributed by atoms with Gasteiger partial charge >= 0.3 is 0 Å². The quantitative estimate of drug-likeness (QED) is 0.539. The number of anilines is 2. The molecule has 0 N–H and O–H groups in total. The van der Waals surface area contributed by atoms with E-state index in [0.717, 1.165) is 73.5 Å². The van der Waals surface area contributed by atoms with Crippen LogP contribution in [-0.2, 0) is 4.79 Å². The van der Waals surface area contributed by atoms with Crippen molar-refractivity contribution in [1.29, 1.82) is 0 Å². The molecular formula is C25H28ClN5OS. The van der Waals surface area contributed by atoms with Crippen LogP contribution < -0.4 is 9.80 Å². The molecule has 0 saturated carbocycles. The fraction of sp³-hybridized carbons (Fsp3) is 0.400. The molecule has 1 amide bonds. The first-order valence-corrected chi connectivity index (χ1v) is 12.8. The molecule has 6 nitrogen and oxygen atoms in total. The zero-order chi connectivity index (χ0) is 22.8. The fourth-order valence-electron chi connectivity index (χ4n) is 4.75. The van der Waals surface area contributed by atoms with E-state index in [4.69, 9.17) is 11.6 Å². The van der Waals surface area contributed by atoms with Gasteiger partial charge in [0.2, 0.25) is 5.91 Å². The Bertz CT molecular complexity index is 1090. The number of aromatic nitrogens is 2. The number of rotatable bonds is 4. The van der Waals surface area contributed by atoms with Crippen LogP contribution >= 0.6 is 22.9 Å². The molecule has 2 saturated heterocycles. The second-order valence-corrected chi connectivity index (χ2v) is 10.1. The minimum atomic E-state index is 0.0963. The van der Waals surface area contributed by atoms with E-state index in [1.807, 2.05) is 40.6 Å². The van der Waals surface area contributed by atoms with Gasteiger partial charge in [0.15, 0.2) is 5.82 Å². The largest absolute Gasteiger partial charge is 0.368 e. The standard InChI is InChI=1S/C25H28ClN5OS/c1-18-4-5-20(26)17-22(18)29-12-14-31(15-13-29)25(32)19-8-10-30(11-9-19)24-7-6-21(27-28-24)23-3-2-16-33-23/h2-7,16-17,19H,8-15H2,1H3. The molecule has 2 fully saturated rings. The van der Waals surface area contributed by atoms with Gasteiger partial charge in [-0.3, -0.25) is 4.79 Å². The number of aryl methyl sites for hydroxylation is 1. The van der Waals surface area contributed by atoms with Crippen LogP contribution in [0.1, 0.15) is 18.4 Å². The summed E-state index contributed by atoms with van der Waals surface area (Å²) in [5, 5.41) is 11.6. The Morgan fingerprint density at radius 3 is 2.42 bits per heavy atom. The molecule has 3 aromatic rings. The Balaban J connectivity index is 1.13. The monoisotopic (exact) mass is 481 g/mol. The number of carbonyl (C=O) groups excluding carboxylic acids is 1. The first-order chi connectivity index (χ1) is 16.1. The van der Waals surface area contributed by atoms with Crippen molar-refractivity contribution in [2.75, 3.05) is 49.1 Å². The Hall–Kier alpha value is -2.64. The van der Waals surface area contributed by atoms with Crippen molar-refractivity contribution in [3.63, 3.8) is 0 Å². The summed E-state index contributed by atoms with van der Waals surface area (Å²) < 4.78 is 0. The first kappa shape index (κ1) is 22.2. The molecular weight excluding hydrogens is 454 g/mol. The molecule has 5 rings (SSSR count). The van der Waals surface area contributed by atoms with Gasteiger partial charge in [-0.15, -0.1) is 21.5 Å². The van der Waals surface area contributed by atoms with Crippen molar-refractivity contribution >= 4 is 40.4 Å². The van der Waals surface area contributed by atoms with Gasteiger partial charge in [-0.2, -0.15) is 0 Å². The summed E-state index contributed by atoms with van der Waals surface area (Å²) in [6, 6.07) is 14.2. The van der Waals surface area contributed by atoms with E-state index >= 15 is 0 Å². The number of amides is 1. The van der Waals surface area contributed by atoms with Gasteiger partial charge < -0.3 is 14.7 Å². The number of nitrogens with zero attached hydrogens (tertiary/aromatic N) is 5. The Labute approximate surface area is 203 Å². The summed E-state index contributed by atoms with van der Waals surface area (Å²) in [4.78, 5) is 20.9. The lowest BCUT2D eigenvalue weighted by atomic mass is 9.95. The smallest absolute Gasteiger partial charge is 0.225 e. The first-order valence-electron chi connectivity index (χ1n) is 11.5. The summed E-state index contributed by atoms with van der Waals surface area (Å²) in [6.45, 7) is 7.00. The Kier molecular flexibility index (Phi) is 6.51. The lowest BCUT2D eigenvalue weighted by Gasteiger charge is -2.40. The SMILES string of the molecule is Cc1ccc(Cl)cc1N1CCN(C(=O)C2CCN(c3ccc(-c4cccs4)nn3)CC2)CC1. The van der Waals surface area contributed by atoms with Gasteiger partial charge in [-0.25, -0.2) is 0 Å². The van der Waals surface area contributed by atoms with Gasteiger partial charge in [0, 0.05) is 55.9 Å². The normalized spacial score (nSPS) is 17.5. The van der Waals surface area contributed by atoms with Gasteiger partial charge in [-0.1, -0.05) is 23.7 Å². The predicted molar refractivity (Wildman–Crippen MR) is 135 cm³/mol. The van der Waals surface area contributed by atoms with E-state index in [9.17, 15) is 4.79 Å². The van der Waals surface area contributed by atoms with E-state index in [-0.39, 0.29) is 5.92 Å². The molecule has 0 unspecified atom stereocenters. The minimum absolute atomic E-state index is 0.0963. The summed E-state index contributed by atoms with van der Waals surface area (Å²) in [6.07, 6.45) is 1.72. The van der Waals surface area contributed by atoms with Crippen LogP contribution in [0.4, 0.5) is 11.5 Å². The lowest BCUT2D eigenvalue weighted by molar-refractivity contribution is -0.136. The number of hydrogen-bond donors (Lipinski definition) is 0. The molecule has 8 heteroatoms. The fourth-order valence-corrected chi connectivity index (χ4v) is 5.61. The molecule has 0 aliphatic carbocycles. The highest BCUT2D eigenvalue weighted by Gasteiger charge is 2.31. The molecule has 4 heterocycles. The summed E-state index contributed by atoms with van der Waals surface area (Å²) in [7, 11) is 0. The van der Waals surface area contributed by atoms with Crippen LogP contribution in [0.2, 0.25) is 5.02 Å². The maximum atomic E-state index is 13.2. The van der Waals surface area contributed by atoms with E-state index in [2.05, 4.69) is 39.1 Å². The van der Waals surface area contributed by atoms with Crippen LogP contribution in [-0.4, -0.2) is 60.3 Å². The lowest BCUT2D eigenvalue weighted by Crippen LogP contribution is -2.52. The van der Waals surface area contributed by atoms with Crippen LogP contribution in [0.15, 0.2) is 47.8 Å². The van der Waals surface area contributed by atoms with E-state index in [0.29, 0.717) is 5.91 Å². The van der Waals surface area contributed by atoms with Crippen LogP contribution in [0.5, 0.6) is 0 Å². The summed E-state index contributed by atoms with van der Waals surface area (Å²) in [5.41, 5.74) is 3.30. The van der Waals surface area contributed by atoms with Crippen LogP contribution in [0.3, 0.4) is 0 Å². The molecule has 0 radical (unpaired) electrons. The second kappa shape index (κ2) is 9.69. The van der Waals surface area contributed by atoms with Crippen LogP contribution in [0, 0.1) is 12.8 Å². The van der Waals surface area contributed by atoms with Crippen molar-refractivity contribution < 1.29 is 4.79 Å². The van der Waals surface area contributed by atoms with Crippen molar-refractivity contribution in [3.8, 4) is 10.6 Å². The zero-order valence-corrected chi connectivity index (χ0v) is 20.4. The maximum absolute atomic E-state index is 13.2. The molecule has 2 aliphatic rings. The maximum Gasteiger partial charge on any atom is 0.225 e. The highest BCUT2D eigenvalue weighted by Crippen LogP contribution is 2.28. The van der Waals surface area contributed by atoms with Gasteiger partial charge in [0.1, 0.15) is 5.69 Å². The molecule has 172 valence electrons. The summed E-state index contributed by atoms with van der Waals surface area (Å²) in [5.74, 6) is 1.29. The number of piperidine rings is 1. The number of benzene rings is 1. The number of thiophene rings is 1. The van der Waals surface area contributed by atoms with Gasteiger partial charge in [0.05, 0.1) is 4.88 Å². The van der Waals surface area contributed by atoms with E-state index in [1.54, 1.807) is 11.3 Å². The third kappa shape index (κ3) is 4.84. The molecule has 0 atom stereocenters. The van der Waals surface area contributed by atoms with E-state index < -0.39 is 0 Å². The van der Waals surface area contributed by atoms with Crippen molar-refractivity contribution in [3.05, 3.63) is 58.4 Å². The Morgan fingerprint density at radius 2 is 1.76 bits per heavy atom. The van der Waals surface area contributed by atoms with Crippen molar-refractivity contribution in [1.82, 2.24) is 15.1 Å². The number of carbonyl (C=O) groups is 1. The third-order valence-corrected chi connectivity index (χ3v) is 7.82. The highest BCUT2D eigenvalue weighted by molar-refractivity contribution is 7.13. The predicted octanol–water partition coefficient (Wildman–Crippen LogP) is 4.73. The number of halogens is 1. The third-order valence-electron chi connectivity index (χ3n) is 6.70. The highest BCUT2D eigenvalue weighted by atomic mass is 35.5. The molecule has 0 bridgehead atoms. The number of hydrogen-bond acceptors (Lipinski definition) is 6. The minimum Gasteiger partial charge on any atom is -0.368 e. The van der Waals surface area contributed by atoms with E-state index in [1.165, 1.54) is 11.3 Å². The van der Waals surface area contributed by atoms with Crippen LogP contribution in [0.25, 0.3) is 10.6 Å². The molecule has 2 aromatic heterocycles. The van der Waals surface area contributed by atoms with Gasteiger partial charge in [-0.05, 0) is 61.0 Å². The van der Waals surface area contributed by atoms with Crippen molar-refractivity contribution in [2.24, 2.45) is 5.92 Å². The van der Waals surface area contributed by atoms with Gasteiger partial charge in [0.25, 0.3) is 0 Å². The van der Waals surface area contributed by atoms with Crippen molar-refractivity contribution in [2.45, 2.75) is 19.8 Å². The Morgan fingerprint density at radius 1 is 0.970 bits per heavy atom. The average molecular weight is 482 g/mol. The zero-order valence-electron chi connectivity index (χ0n) is 18.8. The molecule has 0 spiro atoms. The second-order valence-electron chi connectivity index (χ2n) is 8.76. The molecule has 1 aromatic carbocycles. The average Bonchev–Trinajstić information content (AvgIpc) is 3.41. The topological polar surface area (TPSA) is 52.6 Å². The molecule has 33 heavy (non-hydrogen) atoms. The molecule has 2 aliphatic heterocycles.